The number of aryl methyl sites for hydroxylation is 1. The molecular formula is C21H13Cl2NO3. The van der Waals surface area contributed by atoms with Gasteiger partial charge in [-0.25, -0.2) is 9.79 Å². The molecule has 0 saturated heterocycles. The molecule has 0 unspecified atom stereocenters. The van der Waals surface area contributed by atoms with Crippen molar-refractivity contribution in [1.29, 1.82) is 0 Å². The minimum absolute atomic E-state index is 0.176. The number of aliphatic imine (C=N–C) groups is 1. The molecule has 0 saturated carbocycles. The number of rotatable bonds is 3. The lowest BCUT2D eigenvalue weighted by atomic mass is 10.1. The molecule has 2 aromatic carbocycles. The first-order valence-corrected chi connectivity index (χ1v) is 8.90. The number of ether oxygens (including phenoxy) is 1. The van der Waals surface area contributed by atoms with E-state index in [-0.39, 0.29) is 11.6 Å². The number of nitrogens with zero attached hydrogens (tertiary/aromatic N) is 1. The van der Waals surface area contributed by atoms with E-state index in [1.165, 1.54) is 0 Å². The Hall–Kier alpha value is -2.82. The summed E-state index contributed by atoms with van der Waals surface area (Å²) in [5.41, 5.74) is 2.69. The van der Waals surface area contributed by atoms with Crippen LogP contribution < -0.4 is 0 Å². The van der Waals surface area contributed by atoms with Gasteiger partial charge in [0, 0.05) is 22.2 Å². The van der Waals surface area contributed by atoms with Crippen LogP contribution in [0.15, 0.2) is 69.7 Å². The average molecular weight is 398 g/mol. The first-order chi connectivity index (χ1) is 13.0. The molecule has 1 aromatic heterocycles. The Morgan fingerprint density at radius 2 is 1.89 bits per heavy atom. The number of carbonyl (C=O) groups excluding carboxylic acids is 1. The molecule has 1 aliphatic heterocycles. The summed E-state index contributed by atoms with van der Waals surface area (Å²) in [6, 6.07) is 16.3. The van der Waals surface area contributed by atoms with Crippen molar-refractivity contribution < 1.29 is 13.9 Å². The minimum atomic E-state index is -0.519. The highest BCUT2D eigenvalue weighted by Gasteiger charge is 2.24. The number of furan rings is 1. The fourth-order valence-corrected chi connectivity index (χ4v) is 3.21. The largest absolute Gasteiger partial charge is 0.457 e. The molecule has 0 fully saturated rings. The number of cyclic esters (lactones) is 1. The first-order valence-electron chi connectivity index (χ1n) is 8.14. The number of carbonyl (C=O) groups is 1. The fraction of sp³-hybridized carbons (Fsp3) is 0.0476. The number of esters is 1. The van der Waals surface area contributed by atoms with Crippen LogP contribution in [0.25, 0.3) is 17.4 Å². The van der Waals surface area contributed by atoms with Gasteiger partial charge in [0.2, 0.25) is 5.90 Å². The quantitative estimate of drug-likeness (QED) is 0.407. The maximum Gasteiger partial charge on any atom is 0.363 e. The molecule has 0 N–H and O–H groups in total. The van der Waals surface area contributed by atoms with Crippen molar-refractivity contribution in [3.8, 4) is 11.3 Å². The number of halogens is 2. The van der Waals surface area contributed by atoms with Crippen molar-refractivity contribution in [2.45, 2.75) is 6.92 Å². The summed E-state index contributed by atoms with van der Waals surface area (Å²) in [5, 5.41) is 1.03. The van der Waals surface area contributed by atoms with Crippen LogP contribution in [0.2, 0.25) is 10.0 Å². The molecular weight excluding hydrogens is 385 g/mol. The monoisotopic (exact) mass is 397 g/mol. The second-order valence-corrected chi connectivity index (χ2v) is 6.88. The zero-order valence-electron chi connectivity index (χ0n) is 14.2. The number of hydrogen-bond acceptors (Lipinski definition) is 4. The Kier molecular flexibility index (Phi) is 4.60. The molecule has 0 radical (unpaired) electrons. The minimum Gasteiger partial charge on any atom is -0.457 e. The normalized spacial score (nSPS) is 15.1. The molecule has 0 atom stereocenters. The van der Waals surface area contributed by atoms with Gasteiger partial charge in [0.15, 0.2) is 5.70 Å². The molecule has 134 valence electrons. The summed E-state index contributed by atoms with van der Waals surface area (Å²) in [6.45, 7) is 1.96. The van der Waals surface area contributed by atoms with E-state index in [9.17, 15) is 4.79 Å². The average Bonchev–Trinajstić information content (AvgIpc) is 3.23. The van der Waals surface area contributed by atoms with E-state index in [1.807, 2.05) is 31.2 Å². The van der Waals surface area contributed by atoms with Crippen molar-refractivity contribution in [1.82, 2.24) is 0 Å². The Balaban J connectivity index is 1.64. The van der Waals surface area contributed by atoms with Crippen LogP contribution in [0.4, 0.5) is 0 Å². The summed E-state index contributed by atoms with van der Waals surface area (Å²) in [7, 11) is 0. The van der Waals surface area contributed by atoms with Gasteiger partial charge >= 0.3 is 5.97 Å². The molecule has 6 heteroatoms. The van der Waals surface area contributed by atoms with Crippen molar-refractivity contribution >= 4 is 41.1 Å². The highest BCUT2D eigenvalue weighted by molar-refractivity contribution is 6.36. The van der Waals surface area contributed by atoms with Crippen molar-refractivity contribution in [3.05, 3.63) is 87.2 Å². The van der Waals surface area contributed by atoms with Gasteiger partial charge in [-0.15, -0.1) is 0 Å². The molecule has 0 amide bonds. The summed E-state index contributed by atoms with van der Waals surface area (Å²) < 4.78 is 11.1. The molecule has 27 heavy (non-hydrogen) atoms. The molecule has 0 aliphatic carbocycles. The van der Waals surface area contributed by atoms with Crippen LogP contribution in [0.5, 0.6) is 0 Å². The molecule has 4 rings (SSSR count). The second kappa shape index (κ2) is 7.06. The van der Waals surface area contributed by atoms with Gasteiger partial charge in [-0.2, -0.15) is 0 Å². The van der Waals surface area contributed by atoms with Gasteiger partial charge in [-0.1, -0.05) is 40.9 Å². The van der Waals surface area contributed by atoms with Crippen LogP contribution in [0.1, 0.15) is 16.9 Å². The predicted octanol–water partition coefficient (Wildman–Crippen LogP) is 5.91. The van der Waals surface area contributed by atoms with Crippen molar-refractivity contribution in [3.63, 3.8) is 0 Å². The Morgan fingerprint density at radius 3 is 2.67 bits per heavy atom. The van der Waals surface area contributed by atoms with Crippen molar-refractivity contribution in [2.75, 3.05) is 0 Å². The molecule has 0 bridgehead atoms. The fourth-order valence-electron chi connectivity index (χ4n) is 2.71. The standard InChI is InChI=1S/C21H13Cl2NO3/c1-12-3-2-4-13(9-12)20-24-18(21(25)27-20)11-15-6-8-19(26-15)16-7-5-14(22)10-17(16)23/h2-11H,1H3. The topological polar surface area (TPSA) is 51.8 Å². The van der Waals surface area contributed by atoms with Gasteiger partial charge in [-0.3, -0.25) is 0 Å². The third-order valence-corrected chi connectivity index (χ3v) is 4.54. The van der Waals surface area contributed by atoms with Gasteiger partial charge in [0.05, 0.1) is 5.02 Å². The third-order valence-electron chi connectivity index (χ3n) is 3.99. The molecule has 3 aromatic rings. The third kappa shape index (κ3) is 3.68. The Morgan fingerprint density at radius 1 is 1.04 bits per heavy atom. The lowest BCUT2D eigenvalue weighted by Gasteiger charge is -2.00. The predicted molar refractivity (Wildman–Crippen MR) is 106 cm³/mol. The molecule has 0 spiro atoms. The smallest absolute Gasteiger partial charge is 0.363 e. The molecule has 1 aliphatic rings. The maximum absolute atomic E-state index is 12.1. The SMILES string of the molecule is Cc1cccc(C2=NC(=Cc3ccc(-c4ccc(Cl)cc4Cl)o3)C(=O)O2)c1. The Labute approximate surface area is 165 Å². The first kappa shape index (κ1) is 17.6. The van der Waals surface area contributed by atoms with E-state index in [2.05, 4.69) is 4.99 Å². The van der Waals surface area contributed by atoms with E-state index < -0.39 is 5.97 Å². The van der Waals surface area contributed by atoms with Crippen LogP contribution in [-0.2, 0) is 9.53 Å². The van der Waals surface area contributed by atoms with E-state index in [0.29, 0.717) is 27.1 Å². The van der Waals surface area contributed by atoms with Gasteiger partial charge < -0.3 is 9.15 Å². The lowest BCUT2D eigenvalue weighted by Crippen LogP contribution is -2.05. The lowest BCUT2D eigenvalue weighted by molar-refractivity contribution is -0.129. The zero-order valence-corrected chi connectivity index (χ0v) is 15.7. The van der Waals surface area contributed by atoms with E-state index >= 15 is 0 Å². The zero-order chi connectivity index (χ0) is 19.0. The van der Waals surface area contributed by atoms with E-state index in [4.69, 9.17) is 32.4 Å². The molecule has 4 nitrogen and oxygen atoms in total. The number of hydrogen-bond donors (Lipinski definition) is 0. The van der Waals surface area contributed by atoms with Crippen LogP contribution in [0, 0.1) is 6.92 Å². The van der Waals surface area contributed by atoms with Crippen LogP contribution >= 0.6 is 23.2 Å². The van der Waals surface area contributed by atoms with E-state index in [1.54, 1.807) is 36.4 Å². The molecule has 2 heterocycles. The van der Waals surface area contributed by atoms with Crippen LogP contribution in [-0.4, -0.2) is 11.9 Å². The van der Waals surface area contributed by atoms with E-state index in [0.717, 1.165) is 11.1 Å². The highest BCUT2D eigenvalue weighted by Crippen LogP contribution is 2.32. The summed E-state index contributed by atoms with van der Waals surface area (Å²) in [6.07, 6.45) is 1.54. The highest BCUT2D eigenvalue weighted by atomic mass is 35.5. The Bertz CT molecular complexity index is 1110. The van der Waals surface area contributed by atoms with Gasteiger partial charge in [-0.05, 0) is 49.4 Å². The summed E-state index contributed by atoms with van der Waals surface area (Å²) in [5.74, 6) is 0.798. The summed E-state index contributed by atoms with van der Waals surface area (Å²) in [4.78, 5) is 16.4. The van der Waals surface area contributed by atoms with Gasteiger partial charge in [0.25, 0.3) is 0 Å². The van der Waals surface area contributed by atoms with Crippen LogP contribution in [0.3, 0.4) is 0 Å². The number of benzene rings is 2. The van der Waals surface area contributed by atoms with Gasteiger partial charge in [0.1, 0.15) is 11.5 Å². The summed E-state index contributed by atoms with van der Waals surface area (Å²) >= 11 is 12.1. The van der Waals surface area contributed by atoms with Crippen molar-refractivity contribution in [2.24, 2.45) is 4.99 Å². The maximum atomic E-state index is 12.1. The second-order valence-electron chi connectivity index (χ2n) is 6.03.